The van der Waals surface area contributed by atoms with E-state index in [-0.39, 0.29) is 0 Å². The normalized spacial score (nSPS) is 11.6. The summed E-state index contributed by atoms with van der Waals surface area (Å²) in [5.74, 6) is 1.06. The average Bonchev–Trinajstić information content (AvgIpc) is 2.99. The Kier molecular flexibility index (Phi) is 4.42. The molecule has 0 bridgehead atoms. The summed E-state index contributed by atoms with van der Waals surface area (Å²) in [6.45, 7) is 5.61. The van der Waals surface area contributed by atoms with Gasteiger partial charge in [-0.2, -0.15) is 5.10 Å². The van der Waals surface area contributed by atoms with Gasteiger partial charge in [-0.1, -0.05) is 36.5 Å². The zero-order chi connectivity index (χ0) is 15.7. The molecule has 0 radical (unpaired) electrons. The molecular weight excluding hydrogens is 314 g/mol. The van der Waals surface area contributed by atoms with Crippen LogP contribution in [0.25, 0.3) is 11.0 Å². The number of aromatic nitrogens is 2. The van der Waals surface area contributed by atoms with Crippen molar-refractivity contribution in [2.24, 2.45) is 0 Å². The fourth-order valence-electron chi connectivity index (χ4n) is 2.66. The minimum atomic E-state index is 0.686. The molecule has 2 aromatic heterocycles. The van der Waals surface area contributed by atoms with Gasteiger partial charge in [0, 0.05) is 23.9 Å². The van der Waals surface area contributed by atoms with E-state index in [1.54, 1.807) is 11.3 Å². The molecule has 0 aliphatic carbocycles. The lowest BCUT2D eigenvalue weighted by atomic mass is 10.1. The fraction of sp³-hybridized carbons (Fsp3) is 0.375. The lowest BCUT2D eigenvalue weighted by Crippen LogP contribution is -2.22. The molecular formula is C16H19N3OS2. The number of benzene rings is 1. The lowest BCUT2D eigenvalue weighted by Gasteiger charge is -2.16. The second kappa shape index (κ2) is 6.32. The third kappa shape index (κ3) is 2.99. The number of hydrogen-bond donors (Lipinski definition) is 0. The summed E-state index contributed by atoms with van der Waals surface area (Å²) in [6, 6.07) is 8.22. The molecule has 0 amide bonds. The van der Waals surface area contributed by atoms with Gasteiger partial charge in [0.05, 0.1) is 6.67 Å². The summed E-state index contributed by atoms with van der Waals surface area (Å²) < 4.78 is 8.65. The number of para-hydroxylation sites is 1. The maximum absolute atomic E-state index is 5.96. The molecule has 4 nitrogen and oxygen atoms in total. The Morgan fingerprint density at radius 3 is 2.82 bits per heavy atom. The first-order chi connectivity index (χ1) is 10.6. The molecule has 0 aliphatic rings. The van der Waals surface area contributed by atoms with Crippen molar-refractivity contribution in [3.63, 3.8) is 0 Å². The summed E-state index contributed by atoms with van der Waals surface area (Å²) in [6.07, 6.45) is 0.896. The Morgan fingerprint density at radius 2 is 2.14 bits per heavy atom. The van der Waals surface area contributed by atoms with Crippen molar-refractivity contribution >= 4 is 34.5 Å². The molecule has 22 heavy (non-hydrogen) atoms. The van der Waals surface area contributed by atoms with Crippen molar-refractivity contribution in [3.8, 4) is 0 Å². The van der Waals surface area contributed by atoms with Gasteiger partial charge in [-0.25, -0.2) is 4.68 Å². The maximum atomic E-state index is 5.96. The molecule has 0 spiro atoms. The molecule has 3 rings (SSSR count). The predicted octanol–water partition coefficient (Wildman–Crippen LogP) is 4.38. The predicted molar refractivity (Wildman–Crippen MR) is 92.7 cm³/mol. The van der Waals surface area contributed by atoms with Gasteiger partial charge >= 0.3 is 0 Å². The molecule has 0 saturated carbocycles. The quantitative estimate of drug-likeness (QED) is 0.649. The Labute approximate surface area is 139 Å². The van der Waals surface area contributed by atoms with Crippen molar-refractivity contribution in [2.45, 2.75) is 33.5 Å². The molecule has 116 valence electrons. The molecule has 2 heterocycles. The van der Waals surface area contributed by atoms with Crippen LogP contribution in [0.5, 0.6) is 0 Å². The molecule has 0 fully saturated rings. The van der Waals surface area contributed by atoms with Crippen LogP contribution >= 0.6 is 23.6 Å². The van der Waals surface area contributed by atoms with Crippen LogP contribution in [0.4, 0.5) is 0 Å². The number of fused-ring (bicyclic) bond motifs is 1. The van der Waals surface area contributed by atoms with Crippen LogP contribution < -0.4 is 0 Å². The van der Waals surface area contributed by atoms with Crippen LogP contribution in [0.15, 0.2) is 28.7 Å². The van der Waals surface area contributed by atoms with Crippen LogP contribution in [0.2, 0.25) is 0 Å². The summed E-state index contributed by atoms with van der Waals surface area (Å²) in [5, 5.41) is 6.65. The van der Waals surface area contributed by atoms with Gasteiger partial charge in [-0.15, -0.1) is 0 Å². The Hall–Kier alpha value is -1.50. The summed E-state index contributed by atoms with van der Waals surface area (Å²) in [5.41, 5.74) is 2.22. The number of hydrogen-bond acceptors (Lipinski definition) is 5. The highest BCUT2D eigenvalue weighted by molar-refractivity contribution is 7.73. The second-order valence-corrected chi connectivity index (χ2v) is 7.22. The second-order valence-electron chi connectivity index (χ2n) is 5.40. The van der Waals surface area contributed by atoms with Crippen molar-refractivity contribution in [3.05, 3.63) is 44.6 Å². The molecule has 0 aliphatic heterocycles. The Balaban J connectivity index is 1.86. The third-order valence-corrected chi connectivity index (χ3v) is 4.84. The van der Waals surface area contributed by atoms with Gasteiger partial charge in [0.15, 0.2) is 3.95 Å². The molecule has 0 atom stereocenters. The number of nitrogens with zero attached hydrogens (tertiary/aromatic N) is 3. The Bertz CT molecular complexity index is 847. The van der Waals surface area contributed by atoms with Crippen LogP contribution in [0.1, 0.15) is 23.3 Å². The first-order valence-electron chi connectivity index (χ1n) is 7.31. The van der Waals surface area contributed by atoms with Gasteiger partial charge in [0.1, 0.15) is 16.4 Å². The van der Waals surface area contributed by atoms with Gasteiger partial charge < -0.3 is 4.42 Å². The van der Waals surface area contributed by atoms with Crippen LogP contribution in [0, 0.1) is 10.9 Å². The zero-order valence-corrected chi connectivity index (χ0v) is 14.6. The minimum absolute atomic E-state index is 0.686. The van der Waals surface area contributed by atoms with Gasteiger partial charge in [-0.3, -0.25) is 4.90 Å². The van der Waals surface area contributed by atoms with Crippen molar-refractivity contribution in [2.75, 3.05) is 7.05 Å². The van der Waals surface area contributed by atoms with E-state index in [2.05, 4.69) is 36.1 Å². The molecule has 3 aromatic rings. The third-order valence-electron chi connectivity index (χ3n) is 3.61. The first kappa shape index (κ1) is 15.4. The van der Waals surface area contributed by atoms with E-state index in [4.69, 9.17) is 16.6 Å². The zero-order valence-electron chi connectivity index (χ0n) is 13.0. The average molecular weight is 333 g/mol. The molecule has 1 aromatic carbocycles. The molecule has 0 unspecified atom stereocenters. The Morgan fingerprint density at radius 1 is 1.36 bits per heavy atom. The number of furan rings is 1. The molecule has 0 saturated heterocycles. The standard InChI is InChI=1S/C16H19N3OS2/c1-4-14-13(12-7-5-6-8-15(12)20-14)9-18(3)10-19-16(21)22-11(2)17-19/h5-8H,4,9-10H2,1-3H3. The summed E-state index contributed by atoms with van der Waals surface area (Å²) in [4.78, 5) is 2.21. The van der Waals surface area contributed by atoms with E-state index in [1.807, 2.05) is 23.7 Å². The van der Waals surface area contributed by atoms with E-state index in [0.717, 1.165) is 33.3 Å². The van der Waals surface area contributed by atoms with Crippen LogP contribution in [0.3, 0.4) is 0 Å². The van der Waals surface area contributed by atoms with E-state index in [9.17, 15) is 0 Å². The van der Waals surface area contributed by atoms with E-state index < -0.39 is 0 Å². The summed E-state index contributed by atoms with van der Waals surface area (Å²) in [7, 11) is 2.08. The lowest BCUT2D eigenvalue weighted by molar-refractivity contribution is 0.244. The van der Waals surface area contributed by atoms with Crippen molar-refractivity contribution < 1.29 is 4.42 Å². The van der Waals surface area contributed by atoms with Crippen molar-refractivity contribution in [1.29, 1.82) is 0 Å². The van der Waals surface area contributed by atoms with E-state index in [1.165, 1.54) is 10.9 Å². The van der Waals surface area contributed by atoms with Gasteiger partial charge in [-0.05, 0) is 32.3 Å². The molecule has 6 heteroatoms. The van der Waals surface area contributed by atoms with Crippen LogP contribution in [-0.2, 0) is 19.6 Å². The SMILES string of the molecule is CCc1oc2ccccc2c1CN(C)Cn1nc(C)sc1=S. The molecule has 0 N–H and O–H groups in total. The monoisotopic (exact) mass is 333 g/mol. The number of rotatable bonds is 5. The summed E-state index contributed by atoms with van der Waals surface area (Å²) >= 11 is 6.89. The topological polar surface area (TPSA) is 34.2 Å². The largest absolute Gasteiger partial charge is 0.461 e. The van der Waals surface area contributed by atoms with Gasteiger partial charge in [0.25, 0.3) is 0 Å². The minimum Gasteiger partial charge on any atom is -0.461 e. The highest BCUT2D eigenvalue weighted by Gasteiger charge is 2.14. The number of aryl methyl sites for hydroxylation is 2. The highest BCUT2D eigenvalue weighted by atomic mass is 32.1. The fourth-order valence-corrected chi connectivity index (χ4v) is 3.71. The van der Waals surface area contributed by atoms with Crippen LogP contribution in [-0.4, -0.2) is 21.7 Å². The van der Waals surface area contributed by atoms with E-state index >= 15 is 0 Å². The van der Waals surface area contributed by atoms with Crippen molar-refractivity contribution in [1.82, 2.24) is 14.7 Å². The van der Waals surface area contributed by atoms with E-state index in [0.29, 0.717) is 6.67 Å². The smallest absolute Gasteiger partial charge is 0.180 e. The van der Waals surface area contributed by atoms with Gasteiger partial charge in [0.2, 0.25) is 0 Å². The maximum Gasteiger partial charge on any atom is 0.180 e. The first-order valence-corrected chi connectivity index (χ1v) is 8.53. The highest BCUT2D eigenvalue weighted by Crippen LogP contribution is 2.27.